The average molecular weight is 280 g/mol. The Morgan fingerprint density at radius 3 is 2.70 bits per heavy atom. The summed E-state index contributed by atoms with van der Waals surface area (Å²) < 4.78 is 1.62. The standard InChI is InChI=1S/C14H24N4O2/c1-4-7-12-13(18(19)20)14(17(3)16-12)15-10(2)11-8-5-6-9-11/h10-11,15H,4-9H2,1-3H3. The van der Waals surface area contributed by atoms with E-state index in [1.165, 1.54) is 25.7 Å². The molecule has 1 aliphatic carbocycles. The highest BCUT2D eigenvalue weighted by atomic mass is 16.6. The third kappa shape index (κ3) is 2.94. The van der Waals surface area contributed by atoms with Crippen molar-refractivity contribution in [1.82, 2.24) is 9.78 Å². The molecule has 1 aliphatic rings. The van der Waals surface area contributed by atoms with Crippen LogP contribution in [0.4, 0.5) is 11.5 Å². The lowest BCUT2D eigenvalue weighted by atomic mass is 10.00. The molecule has 1 saturated carbocycles. The number of anilines is 1. The van der Waals surface area contributed by atoms with Crippen LogP contribution in [0.1, 0.15) is 51.6 Å². The summed E-state index contributed by atoms with van der Waals surface area (Å²) in [4.78, 5) is 11.0. The summed E-state index contributed by atoms with van der Waals surface area (Å²) >= 11 is 0. The van der Waals surface area contributed by atoms with E-state index in [4.69, 9.17) is 0 Å². The molecule has 1 N–H and O–H groups in total. The van der Waals surface area contributed by atoms with E-state index in [-0.39, 0.29) is 16.7 Å². The monoisotopic (exact) mass is 280 g/mol. The molecule has 0 aliphatic heterocycles. The topological polar surface area (TPSA) is 73.0 Å². The number of aromatic nitrogens is 2. The zero-order valence-corrected chi connectivity index (χ0v) is 12.6. The average Bonchev–Trinajstić information content (AvgIpc) is 2.99. The van der Waals surface area contributed by atoms with Crippen LogP contribution in [0.25, 0.3) is 0 Å². The summed E-state index contributed by atoms with van der Waals surface area (Å²) in [6, 6.07) is 0.251. The number of hydrogen-bond acceptors (Lipinski definition) is 4. The first-order chi connectivity index (χ1) is 9.54. The van der Waals surface area contributed by atoms with E-state index in [0.717, 1.165) is 6.42 Å². The Balaban J connectivity index is 2.23. The summed E-state index contributed by atoms with van der Waals surface area (Å²) in [5.74, 6) is 1.16. The van der Waals surface area contributed by atoms with Crippen LogP contribution in [0.2, 0.25) is 0 Å². The third-order valence-electron chi connectivity index (χ3n) is 4.23. The quantitative estimate of drug-likeness (QED) is 0.641. The third-order valence-corrected chi connectivity index (χ3v) is 4.23. The molecule has 1 aromatic heterocycles. The molecular weight excluding hydrogens is 256 g/mol. The van der Waals surface area contributed by atoms with Crippen LogP contribution in [0, 0.1) is 16.0 Å². The predicted octanol–water partition coefficient (Wildman–Crippen LogP) is 3.27. The summed E-state index contributed by atoms with van der Waals surface area (Å²) in [6.07, 6.45) is 6.46. The molecule has 6 nitrogen and oxygen atoms in total. The fraction of sp³-hybridized carbons (Fsp3) is 0.786. The highest BCUT2D eigenvalue weighted by molar-refractivity contribution is 5.60. The highest BCUT2D eigenvalue weighted by Gasteiger charge is 2.29. The maximum absolute atomic E-state index is 11.3. The Labute approximate surface area is 119 Å². The summed E-state index contributed by atoms with van der Waals surface area (Å²) in [6.45, 7) is 4.12. The minimum absolute atomic E-state index is 0.152. The number of nitro groups is 1. The van der Waals surface area contributed by atoms with Crippen molar-refractivity contribution < 1.29 is 4.92 Å². The molecule has 1 heterocycles. The van der Waals surface area contributed by atoms with Gasteiger partial charge in [-0.3, -0.25) is 10.1 Å². The molecule has 0 spiro atoms. The number of nitrogens with zero attached hydrogens (tertiary/aromatic N) is 3. The smallest absolute Gasteiger partial charge is 0.333 e. The second-order valence-electron chi connectivity index (χ2n) is 5.75. The first kappa shape index (κ1) is 14.8. The number of aryl methyl sites for hydroxylation is 2. The van der Waals surface area contributed by atoms with Gasteiger partial charge in [-0.05, 0) is 32.1 Å². The zero-order valence-electron chi connectivity index (χ0n) is 12.6. The molecule has 0 bridgehead atoms. The summed E-state index contributed by atoms with van der Waals surface area (Å²) in [7, 11) is 1.77. The molecular formula is C14H24N4O2. The van der Waals surface area contributed by atoms with Crippen molar-refractivity contribution >= 4 is 11.5 Å². The van der Waals surface area contributed by atoms with Gasteiger partial charge in [0.05, 0.1) is 4.92 Å². The first-order valence-corrected chi connectivity index (χ1v) is 7.51. The van der Waals surface area contributed by atoms with Crippen LogP contribution < -0.4 is 5.32 Å². The van der Waals surface area contributed by atoms with Gasteiger partial charge in [0.2, 0.25) is 5.82 Å². The van der Waals surface area contributed by atoms with Crippen molar-refractivity contribution in [1.29, 1.82) is 0 Å². The molecule has 6 heteroatoms. The van der Waals surface area contributed by atoms with E-state index < -0.39 is 0 Å². The molecule has 2 rings (SSSR count). The molecule has 1 aromatic rings. The normalized spacial score (nSPS) is 17.4. The maximum Gasteiger partial charge on any atom is 0.333 e. The van der Waals surface area contributed by atoms with Crippen LogP contribution in [0.3, 0.4) is 0 Å². The van der Waals surface area contributed by atoms with Crippen molar-refractivity contribution in [2.45, 2.75) is 58.4 Å². The minimum Gasteiger partial charge on any atom is -0.362 e. The number of hydrogen-bond donors (Lipinski definition) is 1. The SMILES string of the molecule is CCCc1nn(C)c(NC(C)C2CCCC2)c1[N+](=O)[O-]. The molecule has 112 valence electrons. The Bertz CT molecular complexity index is 478. The summed E-state index contributed by atoms with van der Waals surface area (Å²) in [5, 5.41) is 19.0. The maximum atomic E-state index is 11.3. The Hall–Kier alpha value is -1.59. The Morgan fingerprint density at radius 2 is 2.15 bits per heavy atom. The Kier molecular flexibility index (Phi) is 4.62. The van der Waals surface area contributed by atoms with Crippen LogP contribution in [0.5, 0.6) is 0 Å². The van der Waals surface area contributed by atoms with Gasteiger partial charge in [-0.2, -0.15) is 5.10 Å². The van der Waals surface area contributed by atoms with E-state index in [0.29, 0.717) is 23.9 Å². The lowest BCUT2D eigenvalue weighted by Crippen LogP contribution is -2.25. The van der Waals surface area contributed by atoms with Gasteiger partial charge in [-0.25, -0.2) is 4.68 Å². The molecule has 0 amide bonds. The van der Waals surface area contributed by atoms with Crippen LogP contribution >= 0.6 is 0 Å². The van der Waals surface area contributed by atoms with E-state index >= 15 is 0 Å². The molecule has 1 fully saturated rings. The van der Waals surface area contributed by atoms with Gasteiger partial charge in [0.1, 0.15) is 5.69 Å². The van der Waals surface area contributed by atoms with Gasteiger partial charge in [0, 0.05) is 13.1 Å². The van der Waals surface area contributed by atoms with E-state index in [2.05, 4.69) is 17.3 Å². The van der Waals surface area contributed by atoms with E-state index in [1.807, 2.05) is 6.92 Å². The molecule has 0 saturated heterocycles. The lowest BCUT2D eigenvalue weighted by molar-refractivity contribution is -0.384. The zero-order chi connectivity index (χ0) is 14.7. The predicted molar refractivity (Wildman–Crippen MR) is 78.9 cm³/mol. The molecule has 0 radical (unpaired) electrons. The van der Waals surface area contributed by atoms with Gasteiger partial charge in [0.15, 0.2) is 0 Å². The molecule has 1 atom stereocenters. The van der Waals surface area contributed by atoms with Crippen LogP contribution in [-0.4, -0.2) is 20.7 Å². The second kappa shape index (κ2) is 6.24. The van der Waals surface area contributed by atoms with Gasteiger partial charge < -0.3 is 5.32 Å². The van der Waals surface area contributed by atoms with Gasteiger partial charge in [-0.1, -0.05) is 26.2 Å². The second-order valence-corrected chi connectivity index (χ2v) is 5.75. The number of nitrogens with one attached hydrogen (secondary N) is 1. The fourth-order valence-electron chi connectivity index (χ4n) is 3.12. The lowest BCUT2D eigenvalue weighted by Gasteiger charge is -2.20. The van der Waals surface area contributed by atoms with Crippen molar-refractivity contribution in [3.8, 4) is 0 Å². The Morgan fingerprint density at radius 1 is 1.50 bits per heavy atom. The van der Waals surface area contributed by atoms with E-state index in [9.17, 15) is 10.1 Å². The molecule has 1 unspecified atom stereocenters. The van der Waals surface area contributed by atoms with Crippen molar-refractivity contribution in [3.63, 3.8) is 0 Å². The van der Waals surface area contributed by atoms with Crippen LogP contribution in [-0.2, 0) is 13.5 Å². The van der Waals surface area contributed by atoms with Crippen molar-refractivity contribution in [2.24, 2.45) is 13.0 Å². The highest BCUT2D eigenvalue weighted by Crippen LogP contribution is 2.33. The largest absolute Gasteiger partial charge is 0.362 e. The fourth-order valence-corrected chi connectivity index (χ4v) is 3.12. The first-order valence-electron chi connectivity index (χ1n) is 7.51. The van der Waals surface area contributed by atoms with Crippen molar-refractivity contribution in [2.75, 3.05) is 5.32 Å². The summed E-state index contributed by atoms with van der Waals surface area (Å²) in [5.41, 5.74) is 0.736. The van der Waals surface area contributed by atoms with Crippen molar-refractivity contribution in [3.05, 3.63) is 15.8 Å². The van der Waals surface area contributed by atoms with Crippen LogP contribution in [0.15, 0.2) is 0 Å². The minimum atomic E-state index is -0.304. The molecule has 0 aromatic carbocycles. The van der Waals surface area contributed by atoms with Gasteiger partial charge in [0.25, 0.3) is 0 Å². The number of rotatable bonds is 6. The van der Waals surface area contributed by atoms with Gasteiger partial charge >= 0.3 is 5.69 Å². The molecule has 20 heavy (non-hydrogen) atoms. The van der Waals surface area contributed by atoms with E-state index in [1.54, 1.807) is 11.7 Å². The van der Waals surface area contributed by atoms with Gasteiger partial charge in [-0.15, -0.1) is 0 Å².